The molecule has 0 aliphatic rings. The first-order valence-electron chi connectivity index (χ1n) is 10.6. The summed E-state index contributed by atoms with van der Waals surface area (Å²) in [4.78, 5) is 37.1. The average Bonchev–Trinajstić information content (AvgIpc) is 2.87. The zero-order valence-corrected chi connectivity index (χ0v) is 18.4. The number of nitrogens with zero attached hydrogens (tertiary/aromatic N) is 2. The summed E-state index contributed by atoms with van der Waals surface area (Å²) >= 11 is 0. The normalized spacial score (nSPS) is 10.4. The molecule has 0 fully saturated rings. The number of carbonyl (C=O) groups excluding carboxylic acids is 2. The van der Waals surface area contributed by atoms with Crippen LogP contribution in [0.25, 0.3) is 16.8 Å². The third-order valence-electron chi connectivity index (χ3n) is 4.97. The first-order valence-corrected chi connectivity index (χ1v) is 10.6. The Morgan fingerprint density at radius 3 is 2.26 bits per heavy atom. The molecule has 0 atom stereocenters. The number of aryl methyl sites for hydroxylation is 1. The van der Waals surface area contributed by atoms with Crippen molar-refractivity contribution in [2.45, 2.75) is 6.92 Å². The van der Waals surface area contributed by atoms with Crippen molar-refractivity contribution < 1.29 is 14.3 Å². The van der Waals surface area contributed by atoms with Gasteiger partial charge in [-0.15, -0.1) is 0 Å². The Kier molecular flexibility index (Phi) is 6.78. The monoisotopic (exact) mass is 454 g/mol. The van der Waals surface area contributed by atoms with Gasteiger partial charge in [0.25, 0.3) is 11.8 Å². The lowest BCUT2D eigenvalue weighted by atomic mass is 10.1. The van der Waals surface area contributed by atoms with Gasteiger partial charge in [-0.05, 0) is 30.7 Å². The van der Waals surface area contributed by atoms with Crippen molar-refractivity contribution in [1.82, 2.24) is 20.6 Å². The number of nitrogens with one attached hydrogen (secondary N) is 2. The van der Waals surface area contributed by atoms with Crippen LogP contribution in [0.5, 0.6) is 5.75 Å². The van der Waals surface area contributed by atoms with Gasteiger partial charge in [0.15, 0.2) is 12.3 Å². The maximum Gasteiger partial charge on any atom is 0.294 e. The van der Waals surface area contributed by atoms with Gasteiger partial charge in [0, 0.05) is 17.3 Å². The zero-order chi connectivity index (χ0) is 23.9. The quantitative estimate of drug-likeness (QED) is 0.436. The van der Waals surface area contributed by atoms with Crippen LogP contribution < -0.4 is 21.0 Å². The molecule has 0 bridgehead atoms. The number of benzene rings is 3. The van der Waals surface area contributed by atoms with Crippen molar-refractivity contribution in [3.05, 3.63) is 113 Å². The lowest BCUT2D eigenvalue weighted by Crippen LogP contribution is -2.45. The van der Waals surface area contributed by atoms with E-state index >= 15 is 0 Å². The molecule has 3 aromatic carbocycles. The van der Waals surface area contributed by atoms with Crippen LogP contribution in [0.15, 0.2) is 95.8 Å². The Bertz CT molecular complexity index is 1370. The Morgan fingerprint density at radius 1 is 0.882 bits per heavy atom. The summed E-state index contributed by atoms with van der Waals surface area (Å²) in [7, 11) is 0. The van der Waals surface area contributed by atoms with Crippen LogP contribution in [0.4, 0.5) is 0 Å². The molecule has 8 nitrogen and oxygen atoms in total. The Morgan fingerprint density at radius 2 is 1.53 bits per heavy atom. The summed E-state index contributed by atoms with van der Waals surface area (Å²) in [5, 5.41) is 4.17. The van der Waals surface area contributed by atoms with Crippen molar-refractivity contribution >= 4 is 11.8 Å². The smallest absolute Gasteiger partial charge is 0.294 e. The number of amides is 2. The average molecular weight is 454 g/mol. The highest BCUT2D eigenvalue weighted by Crippen LogP contribution is 2.29. The van der Waals surface area contributed by atoms with Gasteiger partial charge in [-0.3, -0.25) is 25.2 Å². The molecule has 2 N–H and O–H groups in total. The van der Waals surface area contributed by atoms with Crippen LogP contribution >= 0.6 is 0 Å². The first-order chi connectivity index (χ1) is 16.5. The predicted octanol–water partition coefficient (Wildman–Crippen LogP) is 3.05. The van der Waals surface area contributed by atoms with E-state index in [-0.39, 0.29) is 12.3 Å². The Labute approximate surface area is 195 Å². The second-order valence-corrected chi connectivity index (χ2v) is 7.40. The predicted molar refractivity (Wildman–Crippen MR) is 128 cm³/mol. The number of hydrogen-bond donors (Lipinski definition) is 2. The Balaban J connectivity index is 1.40. The van der Waals surface area contributed by atoms with E-state index in [1.807, 2.05) is 66.7 Å². The van der Waals surface area contributed by atoms with Gasteiger partial charge in [-0.25, -0.2) is 4.68 Å². The van der Waals surface area contributed by atoms with Crippen LogP contribution in [-0.4, -0.2) is 28.2 Å². The summed E-state index contributed by atoms with van der Waals surface area (Å²) in [6, 6.07) is 27.4. The zero-order valence-electron chi connectivity index (χ0n) is 18.4. The molecule has 0 saturated heterocycles. The fraction of sp³-hybridized carbons (Fsp3) is 0.0769. The van der Waals surface area contributed by atoms with Crippen LogP contribution in [0.2, 0.25) is 0 Å². The van der Waals surface area contributed by atoms with Gasteiger partial charge in [0.05, 0.1) is 5.69 Å². The van der Waals surface area contributed by atoms with Crippen molar-refractivity contribution in [3.8, 4) is 22.6 Å². The van der Waals surface area contributed by atoms with Gasteiger partial charge < -0.3 is 4.74 Å². The molecule has 4 rings (SSSR count). The number of aromatic nitrogens is 2. The fourth-order valence-electron chi connectivity index (χ4n) is 3.35. The molecule has 34 heavy (non-hydrogen) atoms. The van der Waals surface area contributed by atoms with Gasteiger partial charge in [-0.2, -0.15) is 5.10 Å². The number of carbonyl (C=O) groups is 2. The van der Waals surface area contributed by atoms with E-state index in [4.69, 9.17) is 4.74 Å². The molecule has 170 valence electrons. The molecular weight excluding hydrogens is 432 g/mol. The highest BCUT2D eigenvalue weighted by molar-refractivity contribution is 5.93. The minimum Gasteiger partial charge on any atom is -0.483 e. The third-order valence-corrected chi connectivity index (χ3v) is 4.97. The first kappa shape index (κ1) is 22.5. The SMILES string of the molecule is Cc1cc(=O)c(C(=O)NNC(=O)COc2ccccc2-c2ccccc2)nn1-c1ccccc1. The number of hydrazine groups is 1. The van der Waals surface area contributed by atoms with E-state index in [0.29, 0.717) is 17.1 Å². The summed E-state index contributed by atoms with van der Waals surface area (Å²) in [6.07, 6.45) is 0. The van der Waals surface area contributed by atoms with E-state index in [2.05, 4.69) is 16.0 Å². The van der Waals surface area contributed by atoms with Crippen LogP contribution in [0, 0.1) is 6.92 Å². The number of para-hydroxylation sites is 2. The lowest BCUT2D eigenvalue weighted by molar-refractivity contribution is -0.123. The van der Waals surface area contributed by atoms with Gasteiger partial charge in [-0.1, -0.05) is 66.7 Å². The van der Waals surface area contributed by atoms with E-state index < -0.39 is 17.2 Å². The maximum atomic E-state index is 12.5. The van der Waals surface area contributed by atoms with Gasteiger partial charge in [0.2, 0.25) is 5.43 Å². The highest BCUT2D eigenvalue weighted by Gasteiger charge is 2.16. The summed E-state index contributed by atoms with van der Waals surface area (Å²) in [6.45, 7) is 1.38. The van der Waals surface area contributed by atoms with Crippen molar-refractivity contribution in [3.63, 3.8) is 0 Å². The van der Waals surface area contributed by atoms with E-state index in [0.717, 1.165) is 11.1 Å². The largest absolute Gasteiger partial charge is 0.483 e. The standard InChI is InChI=1S/C26H22N4O4/c1-18-16-22(31)25(29-30(18)20-12-6-3-7-13-20)26(33)28-27-24(32)17-34-23-15-9-8-14-21(23)19-10-4-2-5-11-19/h2-16H,17H2,1H3,(H,27,32)(H,28,33). The topological polar surface area (TPSA) is 102 Å². The second-order valence-electron chi connectivity index (χ2n) is 7.40. The molecule has 0 spiro atoms. The maximum absolute atomic E-state index is 12.5. The van der Waals surface area contributed by atoms with E-state index in [9.17, 15) is 14.4 Å². The second kappa shape index (κ2) is 10.3. The molecule has 2 amide bonds. The van der Waals surface area contributed by atoms with Crippen LogP contribution in [0.1, 0.15) is 16.2 Å². The van der Waals surface area contributed by atoms with Crippen molar-refractivity contribution in [2.75, 3.05) is 6.61 Å². The van der Waals surface area contributed by atoms with Gasteiger partial charge in [0.1, 0.15) is 5.75 Å². The number of hydrogen-bond acceptors (Lipinski definition) is 5. The summed E-state index contributed by atoms with van der Waals surface area (Å²) < 4.78 is 7.15. The number of ether oxygens (including phenoxy) is 1. The van der Waals surface area contributed by atoms with Crippen LogP contribution in [0.3, 0.4) is 0 Å². The van der Waals surface area contributed by atoms with Crippen molar-refractivity contribution in [2.24, 2.45) is 0 Å². The molecule has 1 aromatic heterocycles. The van der Waals surface area contributed by atoms with E-state index in [1.54, 1.807) is 25.1 Å². The lowest BCUT2D eigenvalue weighted by Gasteiger charge is -2.13. The fourth-order valence-corrected chi connectivity index (χ4v) is 3.35. The summed E-state index contributed by atoms with van der Waals surface area (Å²) in [5.74, 6) is -0.888. The molecule has 0 aliphatic heterocycles. The molecule has 0 aliphatic carbocycles. The summed E-state index contributed by atoms with van der Waals surface area (Å²) in [5.41, 5.74) is 6.65. The minimum absolute atomic E-state index is 0.334. The van der Waals surface area contributed by atoms with Crippen LogP contribution in [-0.2, 0) is 4.79 Å². The van der Waals surface area contributed by atoms with Gasteiger partial charge >= 0.3 is 0 Å². The third kappa shape index (κ3) is 5.18. The molecule has 0 unspecified atom stereocenters. The Hall–Kier alpha value is -4.72. The molecule has 0 radical (unpaired) electrons. The highest BCUT2D eigenvalue weighted by atomic mass is 16.5. The molecule has 8 heteroatoms. The molecular formula is C26H22N4O4. The van der Waals surface area contributed by atoms with E-state index in [1.165, 1.54) is 10.7 Å². The molecule has 4 aromatic rings. The number of rotatable bonds is 6. The minimum atomic E-state index is -0.826. The molecule has 1 heterocycles. The molecule has 0 saturated carbocycles. The van der Waals surface area contributed by atoms with Crippen molar-refractivity contribution in [1.29, 1.82) is 0 Å².